The average Bonchev–Trinajstić information content (AvgIpc) is 2.22. The van der Waals surface area contributed by atoms with Crippen molar-refractivity contribution in [2.45, 2.75) is 47.0 Å². The highest BCUT2D eigenvalue weighted by atomic mass is 16.1. The van der Waals surface area contributed by atoms with E-state index >= 15 is 0 Å². The van der Waals surface area contributed by atoms with Gasteiger partial charge in [0.1, 0.15) is 6.29 Å². The molecule has 14 heavy (non-hydrogen) atoms. The molecule has 0 radical (unpaired) electrons. The van der Waals surface area contributed by atoms with E-state index in [-0.39, 0.29) is 0 Å². The number of likely N-dealkylation sites (tertiary alicyclic amines) is 1. The predicted molar refractivity (Wildman–Crippen MR) is 63.6 cm³/mol. The number of nitrogens with zero attached hydrogens (tertiary/aromatic N) is 1. The van der Waals surface area contributed by atoms with E-state index in [9.17, 15) is 0 Å². The summed E-state index contributed by atoms with van der Waals surface area (Å²) < 4.78 is 0. The Morgan fingerprint density at radius 2 is 1.93 bits per heavy atom. The van der Waals surface area contributed by atoms with Gasteiger partial charge in [0.05, 0.1) is 0 Å². The molecule has 1 rings (SSSR count). The molecule has 2 heteroatoms. The number of rotatable bonds is 1. The first-order valence-corrected chi connectivity index (χ1v) is 5.82. The number of piperidine rings is 1. The highest BCUT2D eigenvalue weighted by Gasteiger charge is 2.14. The summed E-state index contributed by atoms with van der Waals surface area (Å²) in [5.41, 5.74) is 0. The largest absolute Gasteiger partial charge is 0.306 e. The third-order valence-corrected chi connectivity index (χ3v) is 2.30. The van der Waals surface area contributed by atoms with Crippen LogP contribution in [0.1, 0.15) is 47.0 Å². The molecule has 0 aromatic rings. The van der Waals surface area contributed by atoms with Gasteiger partial charge in [-0.2, -0.15) is 0 Å². The smallest absolute Gasteiger partial charge is 0.116 e. The maximum atomic E-state index is 8.81. The van der Waals surface area contributed by atoms with E-state index in [0.29, 0.717) is 0 Å². The average molecular weight is 201 g/mol. The van der Waals surface area contributed by atoms with Crippen molar-refractivity contribution in [3.8, 4) is 0 Å². The van der Waals surface area contributed by atoms with Crippen LogP contribution in [0, 0.1) is 5.92 Å². The third-order valence-electron chi connectivity index (χ3n) is 2.30. The van der Waals surface area contributed by atoms with Crippen molar-refractivity contribution in [1.82, 2.24) is 4.90 Å². The van der Waals surface area contributed by atoms with Crippen LogP contribution in [0.3, 0.4) is 0 Å². The molecular weight excluding hydrogens is 174 g/mol. The quantitative estimate of drug-likeness (QED) is 0.608. The second-order valence-corrected chi connectivity index (χ2v) is 3.41. The summed E-state index contributed by atoms with van der Waals surface area (Å²) in [5, 5.41) is 0. The summed E-state index contributed by atoms with van der Waals surface area (Å²) in [5.74, 6) is 0.990. The summed E-state index contributed by atoms with van der Waals surface area (Å²) in [6, 6.07) is 0. The molecule has 0 spiro atoms. The summed E-state index contributed by atoms with van der Waals surface area (Å²) in [6.07, 6.45) is 4.99. The molecule has 1 atom stereocenters. The molecule has 1 heterocycles. The first-order chi connectivity index (χ1) is 6.74. The molecule has 1 aliphatic heterocycles. The van der Waals surface area contributed by atoms with Crippen molar-refractivity contribution in [1.29, 1.82) is 0 Å². The van der Waals surface area contributed by atoms with Crippen molar-refractivity contribution < 1.29 is 4.79 Å². The molecule has 0 N–H and O–H groups in total. The van der Waals surface area contributed by atoms with Crippen molar-refractivity contribution >= 4 is 6.29 Å². The van der Waals surface area contributed by atoms with Crippen LogP contribution >= 0.6 is 0 Å². The fourth-order valence-electron chi connectivity index (χ4n) is 1.61. The standard InChI is InChI=1S/C8H17N.C2H4O.C2H6/c1-3-8-5-4-6-9(2)7-8;1-2-3;1-2/h8H,3-7H2,1-2H3;2H,1H3;1-2H3. The van der Waals surface area contributed by atoms with E-state index in [4.69, 9.17) is 4.79 Å². The maximum absolute atomic E-state index is 8.81. The number of carbonyl (C=O) groups excluding carboxylic acids is 1. The van der Waals surface area contributed by atoms with E-state index in [0.717, 1.165) is 12.2 Å². The van der Waals surface area contributed by atoms with Gasteiger partial charge in [0.15, 0.2) is 0 Å². The number of aldehydes is 1. The van der Waals surface area contributed by atoms with E-state index in [1.807, 2.05) is 13.8 Å². The molecule has 1 unspecified atom stereocenters. The maximum Gasteiger partial charge on any atom is 0.116 e. The van der Waals surface area contributed by atoms with Crippen LogP contribution in [0.4, 0.5) is 0 Å². The molecule has 1 aliphatic rings. The second kappa shape index (κ2) is 12.6. The van der Waals surface area contributed by atoms with E-state index < -0.39 is 0 Å². The Balaban J connectivity index is 0. The van der Waals surface area contributed by atoms with Gasteiger partial charge >= 0.3 is 0 Å². The SMILES string of the molecule is CC.CC=O.CCC1CCCN(C)C1. The minimum Gasteiger partial charge on any atom is -0.306 e. The molecule has 0 saturated carbocycles. The topological polar surface area (TPSA) is 20.3 Å². The highest BCUT2D eigenvalue weighted by Crippen LogP contribution is 2.17. The van der Waals surface area contributed by atoms with Crippen LogP contribution in [0.15, 0.2) is 0 Å². The van der Waals surface area contributed by atoms with E-state index in [2.05, 4.69) is 18.9 Å². The van der Waals surface area contributed by atoms with Gasteiger partial charge in [0.25, 0.3) is 0 Å². The highest BCUT2D eigenvalue weighted by molar-refractivity contribution is 5.44. The van der Waals surface area contributed by atoms with Crippen LogP contribution in [0.25, 0.3) is 0 Å². The van der Waals surface area contributed by atoms with Crippen molar-refractivity contribution in [3.63, 3.8) is 0 Å². The van der Waals surface area contributed by atoms with Crippen molar-refractivity contribution in [3.05, 3.63) is 0 Å². The van der Waals surface area contributed by atoms with Crippen molar-refractivity contribution in [2.24, 2.45) is 5.92 Å². The molecule has 1 saturated heterocycles. The molecule has 2 nitrogen and oxygen atoms in total. The van der Waals surface area contributed by atoms with E-state index in [1.54, 1.807) is 0 Å². The Hall–Kier alpha value is -0.370. The van der Waals surface area contributed by atoms with Crippen LogP contribution in [0.5, 0.6) is 0 Å². The fraction of sp³-hybridized carbons (Fsp3) is 0.917. The van der Waals surface area contributed by atoms with E-state index in [1.165, 1.54) is 39.3 Å². The fourth-order valence-corrected chi connectivity index (χ4v) is 1.61. The van der Waals surface area contributed by atoms with Crippen LogP contribution in [-0.2, 0) is 4.79 Å². The van der Waals surface area contributed by atoms with Gasteiger partial charge in [-0.15, -0.1) is 0 Å². The van der Waals surface area contributed by atoms with Crippen LogP contribution < -0.4 is 0 Å². The van der Waals surface area contributed by atoms with Crippen molar-refractivity contribution in [2.75, 3.05) is 20.1 Å². The van der Waals surface area contributed by atoms with Crippen LogP contribution in [-0.4, -0.2) is 31.3 Å². The zero-order chi connectivity index (χ0) is 11.4. The van der Waals surface area contributed by atoms with Crippen LogP contribution in [0.2, 0.25) is 0 Å². The van der Waals surface area contributed by atoms with Gasteiger partial charge in [0, 0.05) is 6.54 Å². The third kappa shape index (κ3) is 9.72. The van der Waals surface area contributed by atoms with Gasteiger partial charge < -0.3 is 9.69 Å². The minimum absolute atomic E-state index is 0.750. The Bertz CT molecular complexity index is 115. The Kier molecular flexibility index (Phi) is 14.5. The van der Waals surface area contributed by atoms with Gasteiger partial charge in [-0.05, 0) is 39.3 Å². The summed E-state index contributed by atoms with van der Waals surface area (Å²) in [7, 11) is 2.22. The Labute approximate surface area is 89.7 Å². The van der Waals surface area contributed by atoms with Gasteiger partial charge in [0.2, 0.25) is 0 Å². The molecular formula is C12H27NO. The zero-order valence-electron chi connectivity index (χ0n) is 10.5. The Morgan fingerprint density at radius 3 is 2.21 bits per heavy atom. The first-order valence-electron chi connectivity index (χ1n) is 5.82. The second-order valence-electron chi connectivity index (χ2n) is 3.41. The molecule has 1 fully saturated rings. The summed E-state index contributed by atoms with van der Waals surface area (Å²) in [4.78, 5) is 11.2. The number of hydrogen-bond acceptors (Lipinski definition) is 2. The molecule has 0 aromatic heterocycles. The molecule has 86 valence electrons. The predicted octanol–water partition coefficient (Wildman–Crippen LogP) is 2.97. The summed E-state index contributed by atoms with van der Waals surface area (Å²) in [6.45, 7) is 10.4. The minimum atomic E-state index is 0.750. The van der Waals surface area contributed by atoms with Gasteiger partial charge in [-0.3, -0.25) is 0 Å². The first kappa shape index (κ1) is 16.1. The van der Waals surface area contributed by atoms with Gasteiger partial charge in [-0.25, -0.2) is 0 Å². The molecule has 0 bridgehead atoms. The molecule has 0 aromatic carbocycles. The zero-order valence-corrected chi connectivity index (χ0v) is 10.5. The molecule has 0 aliphatic carbocycles. The monoisotopic (exact) mass is 201 g/mol. The Morgan fingerprint density at radius 1 is 1.43 bits per heavy atom. The number of carbonyl (C=O) groups is 1. The lowest BCUT2D eigenvalue weighted by Crippen LogP contribution is -2.31. The molecule has 0 amide bonds. The number of hydrogen-bond donors (Lipinski definition) is 0. The lowest BCUT2D eigenvalue weighted by molar-refractivity contribution is -0.106. The normalized spacial score (nSPS) is 21.1. The lowest BCUT2D eigenvalue weighted by atomic mass is 9.96. The summed E-state index contributed by atoms with van der Waals surface area (Å²) >= 11 is 0. The lowest BCUT2D eigenvalue weighted by Gasteiger charge is -2.28. The van der Waals surface area contributed by atoms with Gasteiger partial charge in [-0.1, -0.05) is 27.2 Å².